The molecule has 168 valence electrons. The van der Waals surface area contributed by atoms with E-state index in [1.807, 2.05) is 51.1 Å². The van der Waals surface area contributed by atoms with Crippen molar-refractivity contribution < 1.29 is 18.8 Å². The van der Waals surface area contributed by atoms with E-state index in [-0.39, 0.29) is 11.4 Å². The van der Waals surface area contributed by atoms with Gasteiger partial charge in [0.1, 0.15) is 18.1 Å². The summed E-state index contributed by atoms with van der Waals surface area (Å²) in [5.74, 6) is -1.90. The lowest BCUT2D eigenvalue weighted by Crippen LogP contribution is -2.38. The lowest BCUT2D eigenvalue weighted by Gasteiger charge is -2.12. The number of para-hydroxylation sites is 1. The number of hydrogen-bond acceptors (Lipinski definition) is 3. The molecule has 0 atom stereocenters. The van der Waals surface area contributed by atoms with Crippen LogP contribution in [0, 0.1) is 26.6 Å². The minimum Gasteiger partial charge on any atom is -0.322 e. The number of hydrogen-bond donors (Lipinski definition) is 2. The van der Waals surface area contributed by atoms with Crippen LogP contribution in [0.5, 0.6) is 0 Å². The number of imide groups is 1. The number of benzene rings is 2. The van der Waals surface area contributed by atoms with Crippen LogP contribution in [0.3, 0.4) is 0 Å². The highest BCUT2D eigenvalue weighted by Gasteiger charge is 2.35. The molecular formula is C25H23FN4O3. The molecule has 2 aromatic carbocycles. The molecule has 1 fully saturated rings. The fraction of sp³-hybridized carbons (Fsp3) is 0.160. The third kappa shape index (κ3) is 4.41. The molecule has 0 bridgehead atoms. The van der Waals surface area contributed by atoms with Crippen molar-refractivity contribution in [2.75, 3.05) is 11.9 Å². The van der Waals surface area contributed by atoms with Crippen molar-refractivity contribution in [1.82, 2.24) is 14.8 Å². The summed E-state index contributed by atoms with van der Waals surface area (Å²) in [6.45, 7) is 5.38. The number of nitrogens with one attached hydrogen (secondary N) is 2. The second-order valence-electron chi connectivity index (χ2n) is 7.90. The van der Waals surface area contributed by atoms with E-state index in [0.717, 1.165) is 33.1 Å². The third-order valence-corrected chi connectivity index (χ3v) is 5.47. The Morgan fingerprint density at radius 3 is 2.45 bits per heavy atom. The van der Waals surface area contributed by atoms with E-state index in [9.17, 15) is 18.8 Å². The van der Waals surface area contributed by atoms with Crippen molar-refractivity contribution in [2.45, 2.75) is 20.8 Å². The summed E-state index contributed by atoms with van der Waals surface area (Å²) in [6, 6.07) is 15.0. The van der Waals surface area contributed by atoms with Gasteiger partial charge in [-0.2, -0.15) is 0 Å². The normalized spacial score (nSPS) is 14.7. The minimum atomic E-state index is -0.706. The smallest absolute Gasteiger partial charge is 0.322 e. The maximum absolute atomic E-state index is 13.8. The number of halogens is 1. The highest BCUT2D eigenvalue weighted by atomic mass is 19.1. The standard InChI is InChI=1S/C25H23FN4O3/c1-15-8-10-19(11-9-15)30-16(2)12-18(17(30)3)13-22-24(32)29(25(33)28-22)14-23(31)27-21-7-5-4-6-20(21)26/h4-13H,14H2,1-3H3,(H,27,31)(H,28,33)/b22-13-. The number of rotatable bonds is 5. The molecule has 1 aliphatic rings. The first kappa shape index (κ1) is 22.0. The summed E-state index contributed by atoms with van der Waals surface area (Å²) in [6.07, 6.45) is 1.60. The van der Waals surface area contributed by atoms with E-state index < -0.39 is 30.2 Å². The van der Waals surface area contributed by atoms with E-state index >= 15 is 0 Å². The van der Waals surface area contributed by atoms with Crippen LogP contribution >= 0.6 is 0 Å². The van der Waals surface area contributed by atoms with Crippen molar-refractivity contribution >= 4 is 29.6 Å². The van der Waals surface area contributed by atoms with Gasteiger partial charge in [-0.1, -0.05) is 29.8 Å². The number of anilines is 1. The topological polar surface area (TPSA) is 83.4 Å². The van der Waals surface area contributed by atoms with Crippen LogP contribution in [0.1, 0.15) is 22.5 Å². The van der Waals surface area contributed by atoms with Crippen molar-refractivity contribution in [2.24, 2.45) is 0 Å². The Morgan fingerprint density at radius 2 is 1.76 bits per heavy atom. The zero-order valence-corrected chi connectivity index (χ0v) is 18.5. The van der Waals surface area contributed by atoms with Gasteiger partial charge in [0.2, 0.25) is 5.91 Å². The molecule has 33 heavy (non-hydrogen) atoms. The van der Waals surface area contributed by atoms with Gasteiger partial charge < -0.3 is 15.2 Å². The van der Waals surface area contributed by atoms with Crippen LogP contribution in [0.15, 0.2) is 60.3 Å². The second kappa shape index (κ2) is 8.74. The van der Waals surface area contributed by atoms with Crippen molar-refractivity contribution in [3.63, 3.8) is 0 Å². The van der Waals surface area contributed by atoms with Gasteiger partial charge in [-0.3, -0.25) is 9.59 Å². The Bertz CT molecular complexity index is 1290. The molecule has 2 heterocycles. The van der Waals surface area contributed by atoms with Crippen LogP contribution in [-0.2, 0) is 9.59 Å². The lowest BCUT2D eigenvalue weighted by atomic mass is 10.2. The summed E-state index contributed by atoms with van der Waals surface area (Å²) in [7, 11) is 0. The molecule has 4 rings (SSSR count). The number of aryl methyl sites for hydroxylation is 2. The molecule has 4 amide bonds. The van der Waals surface area contributed by atoms with Crippen LogP contribution < -0.4 is 10.6 Å². The van der Waals surface area contributed by atoms with Gasteiger partial charge in [-0.25, -0.2) is 14.1 Å². The molecule has 3 aromatic rings. The van der Waals surface area contributed by atoms with E-state index in [2.05, 4.69) is 15.2 Å². The molecule has 0 aliphatic carbocycles. The van der Waals surface area contributed by atoms with Gasteiger partial charge in [0.15, 0.2) is 0 Å². The molecule has 0 saturated carbocycles. The number of amides is 4. The Labute approximate surface area is 190 Å². The number of urea groups is 1. The van der Waals surface area contributed by atoms with Crippen LogP contribution in [0.25, 0.3) is 11.8 Å². The monoisotopic (exact) mass is 446 g/mol. The first-order valence-electron chi connectivity index (χ1n) is 10.4. The Hall–Kier alpha value is -4.20. The maximum atomic E-state index is 13.8. The minimum absolute atomic E-state index is 0.0196. The summed E-state index contributed by atoms with van der Waals surface area (Å²) < 4.78 is 15.8. The predicted octanol–water partition coefficient (Wildman–Crippen LogP) is 4.07. The number of carbonyl (C=O) groups is 3. The second-order valence-corrected chi connectivity index (χ2v) is 7.90. The van der Waals surface area contributed by atoms with Crippen molar-refractivity contribution in [3.8, 4) is 5.69 Å². The predicted molar refractivity (Wildman–Crippen MR) is 123 cm³/mol. The number of aromatic nitrogens is 1. The van der Waals surface area contributed by atoms with Gasteiger partial charge in [0.05, 0.1) is 5.69 Å². The lowest BCUT2D eigenvalue weighted by molar-refractivity contribution is -0.127. The molecule has 1 aliphatic heterocycles. The molecule has 1 aromatic heterocycles. The maximum Gasteiger partial charge on any atom is 0.329 e. The molecular weight excluding hydrogens is 423 g/mol. The zero-order valence-electron chi connectivity index (χ0n) is 18.5. The average molecular weight is 446 g/mol. The van der Waals surface area contributed by atoms with Gasteiger partial charge in [0.25, 0.3) is 5.91 Å². The molecule has 2 N–H and O–H groups in total. The highest BCUT2D eigenvalue weighted by Crippen LogP contribution is 2.24. The number of nitrogens with zero attached hydrogens (tertiary/aromatic N) is 2. The van der Waals surface area contributed by atoms with Gasteiger partial charge in [-0.15, -0.1) is 0 Å². The fourth-order valence-corrected chi connectivity index (χ4v) is 3.79. The van der Waals surface area contributed by atoms with E-state index in [1.54, 1.807) is 12.1 Å². The molecule has 0 radical (unpaired) electrons. The number of carbonyl (C=O) groups excluding carboxylic acids is 3. The van der Waals surface area contributed by atoms with Gasteiger partial charge >= 0.3 is 6.03 Å². The molecule has 1 saturated heterocycles. The average Bonchev–Trinajstić information content (AvgIpc) is 3.20. The molecule has 0 spiro atoms. The molecule has 7 nitrogen and oxygen atoms in total. The van der Waals surface area contributed by atoms with Gasteiger partial charge in [-0.05, 0) is 62.7 Å². The Balaban J connectivity index is 1.53. The van der Waals surface area contributed by atoms with Crippen LogP contribution in [0.4, 0.5) is 14.9 Å². The third-order valence-electron chi connectivity index (χ3n) is 5.47. The van der Waals surface area contributed by atoms with E-state index in [4.69, 9.17) is 0 Å². The van der Waals surface area contributed by atoms with Gasteiger partial charge in [0, 0.05) is 17.1 Å². The largest absolute Gasteiger partial charge is 0.329 e. The first-order chi connectivity index (χ1) is 15.7. The van der Waals surface area contributed by atoms with Crippen molar-refractivity contribution in [1.29, 1.82) is 0 Å². The summed E-state index contributed by atoms with van der Waals surface area (Å²) >= 11 is 0. The SMILES string of the molecule is Cc1ccc(-n2c(C)cc(/C=C3\NC(=O)N(CC(=O)Nc4ccccc4F)C3=O)c2C)cc1. The first-order valence-corrected chi connectivity index (χ1v) is 10.4. The Kier molecular flexibility index (Phi) is 5.83. The zero-order chi connectivity index (χ0) is 23.7. The Morgan fingerprint density at radius 1 is 1.06 bits per heavy atom. The molecule has 8 heteroatoms. The quantitative estimate of drug-likeness (QED) is 0.458. The summed E-state index contributed by atoms with van der Waals surface area (Å²) in [5.41, 5.74) is 4.85. The highest BCUT2D eigenvalue weighted by molar-refractivity contribution is 6.16. The van der Waals surface area contributed by atoms with Crippen LogP contribution in [-0.4, -0.2) is 33.9 Å². The van der Waals surface area contributed by atoms with E-state index in [0.29, 0.717) is 0 Å². The van der Waals surface area contributed by atoms with E-state index in [1.165, 1.54) is 18.2 Å². The van der Waals surface area contributed by atoms with Crippen LogP contribution in [0.2, 0.25) is 0 Å². The summed E-state index contributed by atoms with van der Waals surface area (Å²) in [5, 5.41) is 4.90. The fourth-order valence-electron chi connectivity index (χ4n) is 3.79. The summed E-state index contributed by atoms with van der Waals surface area (Å²) in [4.78, 5) is 38.2. The van der Waals surface area contributed by atoms with Crippen molar-refractivity contribution in [3.05, 3.63) is 88.6 Å². The molecule has 0 unspecified atom stereocenters.